The highest BCUT2D eigenvalue weighted by Crippen LogP contribution is 2.29. The third-order valence-corrected chi connectivity index (χ3v) is 4.26. The van der Waals surface area contributed by atoms with Crippen LogP contribution in [0.4, 0.5) is 17.3 Å². The molecule has 138 valence electrons. The molecule has 0 spiro atoms. The van der Waals surface area contributed by atoms with Crippen LogP contribution < -0.4 is 10.6 Å². The summed E-state index contributed by atoms with van der Waals surface area (Å²) in [7, 11) is 0. The van der Waals surface area contributed by atoms with Crippen molar-refractivity contribution >= 4 is 23.2 Å². The van der Waals surface area contributed by atoms with Crippen molar-refractivity contribution in [2.24, 2.45) is 0 Å². The molecule has 0 unspecified atom stereocenters. The number of hydrogen-bond acceptors (Lipinski definition) is 4. The van der Waals surface area contributed by atoms with Crippen molar-refractivity contribution < 1.29 is 4.79 Å². The predicted molar refractivity (Wildman–Crippen MR) is 110 cm³/mol. The minimum atomic E-state index is -0.262. The van der Waals surface area contributed by atoms with Crippen molar-refractivity contribution in [3.05, 3.63) is 77.6 Å². The number of anilines is 3. The fourth-order valence-electron chi connectivity index (χ4n) is 2.81. The van der Waals surface area contributed by atoms with Crippen molar-refractivity contribution in [3.63, 3.8) is 0 Å². The van der Waals surface area contributed by atoms with E-state index < -0.39 is 0 Å². The number of carbonyl (C=O) groups excluding carboxylic acids is 1. The number of benzene rings is 2. The molecule has 0 radical (unpaired) electrons. The fraction of sp³-hybridized carbons (Fsp3) is 0.227. The van der Waals surface area contributed by atoms with E-state index in [9.17, 15) is 4.79 Å². The van der Waals surface area contributed by atoms with Crippen LogP contribution in [0.15, 0.2) is 60.8 Å². The molecule has 0 aliphatic carbocycles. The van der Waals surface area contributed by atoms with Gasteiger partial charge in [-0.2, -0.15) is 0 Å². The number of nitrogens with one attached hydrogen (secondary N) is 2. The number of para-hydroxylation sites is 2. The van der Waals surface area contributed by atoms with Gasteiger partial charge in [-0.3, -0.25) is 4.79 Å². The lowest BCUT2D eigenvalue weighted by atomic mass is 9.86. The Morgan fingerprint density at radius 3 is 2.30 bits per heavy atom. The molecule has 3 aromatic rings. The highest BCUT2D eigenvalue weighted by atomic mass is 16.1. The number of aryl methyl sites for hydroxylation is 1. The van der Waals surface area contributed by atoms with Gasteiger partial charge in [0.2, 0.25) is 5.95 Å². The maximum Gasteiger partial charge on any atom is 0.274 e. The Hall–Kier alpha value is -3.21. The van der Waals surface area contributed by atoms with E-state index in [0.29, 0.717) is 11.6 Å². The normalized spacial score (nSPS) is 11.1. The molecule has 1 heterocycles. The average molecular weight is 360 g/mol. The van der Waals surface area contributed by atoms with Crippen LogP contribution in [0.1, 0.15) is 42.4 Å². The topological polar surface area (TPSA) is 66.9 Å². The molecule has 1 aromatic heterocycles. The predicted octanol–water partition coefficient (Wildman–Crippen LogP) is 5.08. The van der Waals surface area contributed by atoms with E-state index in [1.54, 1.807) is 12.3 Å². The fourth-order valence-corrected chi connectivity index (χ4v) is 2.81. The van der Waals surface area contributed by atoms with Crippen LogP contribution in [0.3, 0.4) is 0 Å². The lowest BCUT2D eigenvalue weighted by Crippen LogP contribution is -2.19. The minimum Gasteiger partial charge on any atom is -0.324 e. The first-order chi connectivity index (χ1) is 12.8. The van der Waals surface area contributed by atoms with Gasteiger partial charge in [-0.05, 0) is 41.7 Å². The first kappa shape index (κ1) is 18.6. The summed E-state index contributed by atoms with van der Waals surface area (Å²) < 4.78 is 0. The Bertz CT molecular complexity index is 960. The second-order valence-electron chi connectivity index (χ2n) is 7.46. The molecule has 27 heavy (non-hydrogen) atoms. The molecular formula is C22H24N4O. The molecule has 0 fully saturated rings. The number of carbonyl (C=O) groups is 1. The van der Waals surface area contributed by atoms with Gasteiger partial charge in [0, 0.05) is 17.6 Å². The SMILES string of the molecule is Cc1ccccc1Nc1nccc(C(=O)Nc2ccccc2C(C)(C)C)n1. The van der Waals surface area contributed by atoms with E-state index in [0.717, 1.165) is 22.5 Å². The summed E-state index contributed by atoms with van der Waals surface area (Å²) in [5, 5.41) is 6.14. The van der Waals surface area contributed by atoms with Gasteiger partial charge in [0.05, 0.1) is 0 Å². The Labute approximate surface area is 159 Å². The van der Waals surface area contributed by atoms with Crippen LogP contribution in [0.25, 0.3) is 0 Å². The molecule has 0 aliphatic heterocycles. The third-order valence-electron chi connectivity index (χ3n) is 4.26. The van der Waals surface area contributed by atoms with Crippen LogP contribution in [0.2, 0.25) is 0 Å². The van der Waals surface area contributed by atoms with Crippen molar-refractivity contribution in [1.82, 2.24) is 9.97 Å². The van der Waals surface area contributed by atoms with Crippen molar-refractivity contribution in [2.45, 2.75) is 33.1 Å². The maximum atomic E-state index is 12.7. The van der Waals surface area contributed by atoms with Gasteiger partial charge in [-0.1, -0.05) is 57.2 Å². The summed E-state index contributed by atoms with van der Waals surface area (Å²) in [6.45, 7) is 8.36. The average Bonchev–Trinajstić information content (AvgIpc) is 2.63. The molecule has 0 bridgehead atoms. The van der Waals surface area contributed by atoms with Crippen molar-refractivity contribution in [1.29, 1.82) is 0 Å². The van der Waals surface area contributed by atoms with Crippen LogP contribution >= 0.6 is 0 Å². The molecule has 5 heteroatoms. The second-order valence-corrected chi connectivity index (χ2v) is 7.46. The zero-order chi connectivity index (χ0) is 19.4. The Balaban J connectivity index is 1.82. The first-order valence-electron chi connectivity index (χ1n) is 8.91. The van der Waals surface area contributed by atoms with Gasteiger partial charge >= 0.3 is 0 Å². The van der Waals surface area contributed by atoms with Crippen molar-refractivity contribution in [2.75, 3.05) is 10.6 Å². The van der Waals surface area contributed by atoms with Crippen LogP contribution in [-0.2, 0) is 5.41 Å². The van der Waals surface area contributed by atoms with Crippen LogP contribution in [-0.4, -0.2) is 15.9 Å². The molecule has 0 saturated carbocycles. The highest BCUT2D eigenvalue weighted by molar-refractivity contribution is 6.03. The number of rotatable bonds is 4. The van der Waals surface area contributed by atoms with Gasteiger partial charge in [0.15, 0.2) is 0 Å². The van der Waals surface area contributed by atoms with Gasteiger partial charge in [-0.25, -0.2) is 9.97 Å². The zero-order valence-corrected chi connectivity index (χ0v) is 16.1. The van der Waals surface area contributed by atoms with Gasteiger partial charge in [-0.15, -0.1) is 0 Å². The smallest absolute Gasteiger partial charge is 0.274 e. The molecule has 5 nitrogen and oxygen atoms in total. The summed E-state index contributed by atoms with van der Waals surface area (Å²) in [6, 6.07) is 17.3. The monoisotopic (exact) mass is 360 g/mol. The molecule has 1 amide bonds. The quantitative estimate of drug-likeness (QED) is 0.681. The lowest BCUT2D eigenvalue weighted by Gasteiger charge is -2.22. The van der Waals surface area contributed by atoms with Crippen LogP contribution in [0.5, 0.6) is 0 Å². The van der Waals surface area contributed by atoms with E-state index in [-0.39, 0.29) is 11.3 Å². The Morgan fingerprint density at radius 2 is 1.59 bits per heavy atom. The molecule has 0 saturated heterocycles. The van der Waals surface area contributed by atoms with E-state index in [4.69, 9.17) is 0 Å². The highest BCUT2D eigenvalue weighted by Gasteiger charge is 2.19. The van der Waals surface area contributed by atoms with Gasteiger partial charge in [0.1, 0.15) is 5.69 Å². The number of nitrogens with zero attached hydrogens (tertiary/aromatic N) is 2. The Kier molecular flexibility index (Phi) is 5.21. The van der Waals surface area contributed by atoms with E-state index in [1.807, 2.05) is 55.5 Å². The summed E-state index contributed by atoms with van der Waals surface area (Å²) in [6.07, 6.45) is 1.58. The van der Waals surface area contributed by atoms with Gasteiger partial charge < -0.3 is 10.6 Å². The van der Waals surface area contributed by atoms with E-state index >= 15 is 0 Å². The van der Waals surface area contributed by atoms with Crippen LogP contribution in [0, 0.1) is 6.92 Å². The Morgan fingerprint density at radius 1 is 0.926 bits per heavy atom. The maximum absolute atomic E-state index is 12.7. The largest absolute Gasteiger partial charge is 0.324 e. The molecule has 2 N–H and O–H groups in total. The zero-order valence-electron chi connectivity index (χ0n) is 16.1. The molecule has 0 atom stereocenters. The third kappa shape index (κ3) is 4.50. The molecule has 2 aromatic carbocycles. The minimum absolute atomic E-state index is 0.0763. The second kappa shape index (κ2) is 7.58. The standard InChI is InChI=1S/C22H24N4O/c1-15-9-5-7-11-17(15)25-21-23-14-13-19(26-21)20(27)24-18-12-8-6-10-16(18)22(2,3)4/h5-14H,1-4H3,(H,24,27)(H,23,25,26). The summed E-state index contributed by atoms with van der Waals surface area (Å²) in [5.74, 6) is 0.128. The number of aromatic nitrogens is 2. The van der Waals surface area contributed by atoms with E-state index in [1.165, 1.54) is 0 Å². The summed E-state index contributed by atoms with van der Waals surface area (Å²) in [5.41, 5.74) is 4.09. The van der Waals surface area contributed by atoms with E-state index in [2.05, 4.69) is 41.4 Å². The lowest BCUT2D eigenvalue weighted by molar-refractivity contribution is 0.102. The summed E-state index contributed by atoms with van der Waals surface area (Å²) in [4.78, 5) is 21.3. The summed E-state index contributed by atoms with van der Waals surface area (Å²) >= 11 is 0. The molecular weight excluding hydrogens is 336 g/mol. The molecule has 3 rings (SSSR count). The van der Waals surface area contributed by atoms with Crippen molar-refractivity contribution in [3.8, 4) is 0 Å². The van der Waals surface area contributed by atoms with Gasteiger partial charge in [0.25, 0.3) is 5.91 Å². The number of amides is 1. The first-order valence-corrected chi connectivity index (χ1v) is 8.91. The molecule has 0 aliphatic rings. The number of hydrogen-bond donors (Lipinski definition) is 2.